The number of ether oxygens (including phenoxy) is 2. The zero-order chi connectivity index (χ0) is 24.3. The maximum atomic E-state index is 12.7. The number of carbonyl (C=O) groups excluding carboxylic acids is 1. The van der Waals surface area contributed by atoms with E-state index in [1.165, 1.54) is 0 Å². The summed E-state index contributed by atoms with van der Waals surface area (Å²) in [6.07, 6.45) is 4.05. The highest BCUT2D eigenvalue weighted by atomic mass is 16.5. The molecule has 186 valence electrons. The van der Waals surface area contributed by atoms with Gasteiger partial charge in [-0.25, -0.2) is 4.68 Å². The average molecular weight is 488 g/mol. The number of carbonyl (C=O) groups is 1. The van der Waals surface area contributed by atoms with Crippen LogP contribution in [-0.4, -0.2) is 82.1 Å². The summed E-state index contributed by atoms with van der Waals surface area (Å²) in [5, 5.41) is 20.8. The molecule has 1 amide bonds. The molecule has 10 heteroatoms. The quantitative estimate of drug-likeness (QED) is 0.430. The Labute approximate surface area is 208 Å². The number of anilines is 1. The summed E-state index contributed by atoms with van der Waals surface area (Å²) in [5.41, 5.74) is 4.92. The molecule has 2 saturated heterocycles. The monoisotopic (exact) mass is 487 g/mol. The number of fused-ring (bicyclic) bond motifs is 1. The summed E-state index contributed by atoms with van der Waals surface area (Å²) < 4.78 is 12.5. The minimum absolute atomic E-state index is 0.0216. The molecular formula is C26H29N7O3. The first-order chi connectivity index (χ1) is 17.7. The summed E-state index contributed by atoms with van der Waals surface area (Å²) in [4.78, 5) is 14.5. The maximum absolute atomic E-state index is 12.7. The van der Waals surface area contributed by atoms with E-state index in [1.807, 2.05) is 41.4 Å². The van der Waals surface area contributed by atoms with Gasteiger partial charge in [0, 0.05) is 49.5 Å². The van der Waals surface area contributed by atoms with Crippen LogP contribution in [-0.2, 0) is 9.47 Å². The van der Waals surface area contributed by atoms with E-state index in [-0.39, 0.29) is 5.91 Å². The predicted molar refractivity (Wildman–Crippen MR) is 135 cm³/mol. The van der Waals surface area contributed by atoms with Crippen LogP contribution in [0.5, 0.6) is 0 Å². The van der Waals surface area contributed by atoms with E-state index < -0.39 is 0 Å². The molecule has 0 radical (unpaired) electrons. The summed E-state index contributed by atoms with van der Waals surface area (Å²) in [6.45, 7) is 5.04. The number of nitrogens with zero attached hydrogens (tertiary/aromatic N) is 5. The van der Waals surface area contributed by atoms with Gasteiger partial charge in [-0.2, -0.15) is 5.10 Å². The summed E-state index contributed by atoms with van der Waals surface area (Å²) >= 11 is 0. The van der Waals surface area contributed by atoms with Crippen molar-refractivity contribution in [2.75, 3.05) is 51.4 Å². The van der Waals surface area contributed by atoms with Crippen molar-refractivity contribution in [2.24, 2.45) is 5.92 Å². The zero-order valence-electron chi connectivity index (χ0n) is 20.0. The van der Waals surface area contributed by atoms with Crippen molar-refractivity contribution >= 4 is 22.5 Å². The molecule has 0 aliphatic carbocycles. The smallest absolute Gasteiger partial charge is 0.254 e. The van der Waals surface area contributed by atoms with E-state index in [2.05, 4.69) is 38.0 Å². The molecule has 0 bridgehead atoms. The Balaban J connectivity index is 1.18. The molecule has 2 aromatic heterocycles. The Morgan fingerprint density at radius 1 is 1.03 bits per heavy atom. The number of benzene rings is 2. The fourth-order valence-electron chi connectivity index (χ4n) is 4.74. The number of H-pyrrole nitrogens is 1. The van der Waals surface area contributed by atoms with E-state index in [9.17, 15) is 4.79 Å². The van der Waals surface area contributed by atoms with Gasteiger partial charge < -0.3 is 19.7 Å². The van der Waals surface area contributed by atoms with Gasteiger partial charge in [-0.1, -0.05) is 5.21 Å². The van der Waals surface area contributed by atoms with Gasteiger partial charge in [-0.15, -0.1) is 5.10 Å². The maximum Gasteiger partial charge on any atom is 0.254 e. The van der Waals surface area contributed by atoms with Gasteiger partial charge in [0.1, 0.15) is 11.4 Å². The molecule has 0 unspecified atom stereocenters. The van der Waals surface area contributed by atoms with Crippen molar-refractivity contribution in [1.82, 2.24) is 30.1 Å². The summed E-state index contributed by atoms with van der Waals surface area (Å²) in [7, 11) is 0. The standard InChI is InChI=1S/C26H29N7O3/c34-26(32-9-13-36-14-10-32)19-1-4-21(5-2-19)33-17-24(29-31-33)25-22-15-20(3-6-23(22)28-30-25)27-16-18-7-11-35-12-8-18/h1-6,15,17-18,27H,7-14,16H2,(H,28,30). The third-order valence-electron chi connectivity index (χ3n) is 6.91. The fourth-order valence-corrected chi connectivity index (χ4v) is 4.74. The molecule has 0 atom stereocenters. The highest BCUT2D eigenvalue weighted by Crippen LogP contribution is 2.28. The van der Waals surface area contributed by atoms with Gasteiger partial charge in [0.05, 0.1) is 30.6 Å². The fraction of sp³-hybridized carbons (Fsp3) is 0.385. The number of morpholine rings is 1. The minimum atomic E-state index is 0.0216. The van der Waals surface area contributed by atoms with Crippen molar-refractivity contribution in [3.05, 3.63) is 54.2 Å². The molecule has 2 aliphatic rings. The van der Waals surface area contributed by atoms with Crippen molar-refractivity contribution in [1.29, 1.82) is 0 Å². The second kappa shape index (κ2) is 10.1. The largest absolute Gasteiger partial charge is 0.385 e. The number of rotatable bonds is 6. The van der Waals surface area contributed by atoms with Crippen LogP contribution in [0.15, 0.2) is 48.7 Å². The van der Waals surface area contributed by atoms with Crippen molar-refractivity contribution in [2.45, 2.75) is 12.8 Å². The molecule has 36 heavy (non-hydrogen) atoms. The second-order valence-electron chi connectivity index (χ2n) is 9.27. The molecule has 4 heterocycles. The van der Waals surface area contributed by atoms with Crippen molar-refractivity contribution in [3.63, 3.8) is 0 Å². The molecule has 2 aromatic carbocycles. The first-order valence-electron chi connectivity index (χ1n) is 12.4. The molecule has 10 nitrogen and oxygen atoms in total. The van der Waals surface area contributed by atoms with Crippen LogP contribution >= 0.6 is 0 Å². The van der Waals surface area contributed by atoms with Crippen LogP contribution in [0, 0.1) is 5.92 Å². The van der Waals surface area contributed by atoms with Gasteiger partial charge >= 0.3 is 0 Å². The SMILES string of the molecule is O=C(c1ccc(-n2cc(-c3n[nH]c4ccc(NCC5CCOCC5)cc34)nn2)cc1)N1CCOCC1. The van der Waals surface area contributed by atoms with E-state index in [0.29, 0.717) is 43.5 Å². The number of hydrogen-bond donors (Lipinski definition) is 2. The molecule has 2 N–H and O–H groups in total. The van der Waals surface area contributed by atoms with Gasteiger partial charge in [0.25, 0.3) is 5.91 Å². The summed E-state index contributed by atoms with van der Waals surface area (Å²) in [5.74, 6) is 0.655. The normalized spacial score (nSPS) is 16.9. The van der Waals surface area contributed by atoms with E-state index in [1.54, 1.807) is 4.68 Å². The molecular weight excluding hydrogens is 458 g/mol. The van der Waals surface area contributed by atoms with Gasteiger partial charge in [-0.3, -0.25) is 9.89 Å². The van der Waals surface area contributed by atoms with Gasteiger partial charge in [0.15, 0.2) is 0 Å². The number of aromatic amines is 1. The predicted octanol–water partition coefficient (Wildman–Crippen LogP) is 3.12. The van der Waals surface area contributed by atoms with Gasteiger partial charge in [0.2, 0.25) is 0 Å². The second-order valence-corrected chi connectivity index (χ2v) is 9.27. The van der Waals surface area contributed by atoms with Gasteiger partial charge in [-0.05, 0) is 61.2 Å². The Bertz CT molecular complexity index is 1340. The third-order valence-corrected chi connectivity index (χ3v) is 6.91. The molecule has 6 rings (SSSR count). The molecule has 4 aromatic rings. The van der Waals surface area contributed by atoms with E-state index >= 15 is 0 Å². The molecule has 2 aliphatic heterocycles. The first-order valence-corrected chi connectivity index (χ1v) is 12.4. The van der Waals surface area contributed by atoms with Crippen LogP contribution in [0.1, 0.15) is 23.2 Å². The number of aromatic nitrogens is 5. The van der Waals surface area contributed by atoms with Crippen molar-refractivity contribution in [3.8, 4) is 17.1 Å². The summed E-state index contributed by atoms with van der Waals surface area (Å²) in [6, 6.07) is 13.6. The Hall–Kier alpha value is -3.76. The third kappa shape index (κ3) is 4.69. The first kappa shape index (κ1) is 22.7. The highest BCUT2D eigenvalue weighted by Gasteiger charge is 2.19. The van der Waals surface area contributed by atoms with Crippen LogP contribution < -0.4 is 5.32 Å². The van der Waals surface area contributed by atoms with Crippen molar-refractivity contribution < 1.29 is 14.3 Å². The van der Waals surface area contributed by atoms with Crippen LogP contribution in [0.25, 0.3) is 28.0 Å². The number of amides is 1. The lowest BCUT2D eigenvalue weighted by Gasteiger charge is -2.26. The van der Waals surface area contributed by atoms with E-state index in [4.69, 9.17) is 9.47 Å². The number of hydrogen-bond acceptors (Lipinski definition) is 7. The Morgan fingerprint density at radius 2 is 1.81 bits per heavy atom. The lowest BCUT2D eigenvalue weighted by molar-refractivity contribution is 0.0303. The lowest BCUT2D eigenvalue weighted by atomic mass is 10.0. The molecule has 2 fully saturated rings. The zero-order valence-corrected chi connectivity index (χ0v) is 20.0. The molecule has 0 saturated carbocycles. The van der Waals surface area contributed by atoms with Crippen LogP contribution in [0.3, 0.4) is 0 Å². The highest BCUT2D eigenvalue weighted by molar-refractivity contribution is 5.95. The van der Waals surface area contributed by atoms with Crippen LogP contribution in [0.2, 0.25) is 0 Å². The topological polar surface area (TPSA) is 110 Å². The molecule has 0 spiro atoms. The lowest BCUT2D eigenvalue weighted by Crippen LogP contribution is -2.40. The Kier molecular flexibility index (Phi) is 6.35. The number of nitrogens with one attached hydrogen (secondary N) is 2. The Morgan fingerprint density at radius 3 is 2.61 bits per heavy atom. The minimum Gasteiger partial charge on any atom is -0.385 e. The average Bonchev–Trinajstić information content (AvgIpc) is 3.60. The van der Waals surface area contributed by atoms with E-state index in [0.717, 1.165) is 60.6 Å². The van der Waals surface area contributed by atoms with Crippen LogP contribution in [0.4, 0.5) is 5.69 Å².